The smallest absolute Gasteiger partial charge is 0.233 e. The zero-order valence-electron chi connectivity index (χ0n) is 13.1. The van der Waals surface area contributed by atoms with Crippen LogP contribution in [0.1, 0.15) is 28.4 Å². The summed E-state index contributed by atoms with van der Waals surface area (Å²) in [5.41, 5.74) is 3.23. The number of carbonyl (C=O) groups excluding carboxylic acids is 2. The Balaban J connectivity index is 1.93. The number of hydroxylamine groups is 2. The van der Waals surface area contributed by atoms with Crippen molar-refractivity contribution in [3.8, 4) is 0 Å². The van der Waals surface area contributed by atoms with E-state index in [1.807, 2.05) is 42.5 Å². The number of carbonyl (C=O) groups is 2. The maximum absolute atomic E-state index is 11.3. The Labute approximate surface area is 136 Å². The van der Waals surface area contributed by atoms with Crippen LogP contribution in [0.15, 0.2) is 61.2 Å². The van der Waals surface area contributed by atoms with Crippen molar-refractivity contribution in [2.75, 3.05) is 6.54 Å². The maximum atomic E-state index is 11.3. The monoisotopic (exact) mass is 309 g/mol. The summed E-state index contributed by atoms with van der Waals surface area (Å²) in [6.07, 6.45) is 0.637. The second-order valence-corrected chi connectivity index (χ2v) is 5.18. The molecule has 118 valence electrons. The van der Waals surface area contributed by atoms with Crippen molar-refractivity contribution in [1.82, 2.24) is 5.06 Å². The Morgan fingerprint density at radius 2 is 1.70 bits per heavy atom. The summed E-state index contributed by atoms with van der Waals surface area (Å²) in [4.78, 5) is 27.9. The van der Waals surface area contributed by atoms with Crippen molar-refractivity contribution in [1.29, 1.82) is 0 Å². The highest BCUT2D eigenvalue weighted by molar-refractivity contribution is 5.94. The molecule has 0 aromatic heterocycles. The summed E-state index contributed by atoms with van der Waals surface area (Å²) in [5.74, 6) is 0.0166. The normalized spacial score (nSPS) is 10.1. The molecule has 2 aromatic rings. The minimum Gasteiger partial charge on any atom is -0.295 e. The van der Waals surface area contributed by atoms with Gasteiger partial charge >= 0.3 is 0 Å². The lowest BCUT2D eigenvalue weighted by Crippen LogP contribution is -2.24. The number of benzene rings is 2. The summed E-state index contributed by atoms with van der Waals surface area (Å²) in [6, 6.07) is 16.7. The lowest BCUT2D eigenvalue weighted by atomic mass is 10.0. The molecule has 2 aromatic carbocycles. The SMILES string of the molecule is C=C(CN(C=O)OCc1ccccc1)c1ccc(C(C)=O)cc1. The molecular formula is C19H19NO3. The number of nitrogens with zero attached hydrogens (tertiary/aromatic N) is 1. The van der Waals surface area contributed by atoms with E-state index < -0.39 is 0 Å². The van der Waals surface area contributed by atoms with Crippen molar-refractivity contribution >= 4 is 17.8 Å². The Morgan fingerprint density at radius 3 is 2.26 bits per heavy atom. The first-order valence-electron chi connectivity index (χ1n) is 7.28. The van der Waals surface area contributed by atoms with Crippen LogP contribution in [0.4, 0.5) is 0 Å². The van der Waals surface area contributed by atoms with E-state index in [2.05, 4.69) is 6.58 Å². The highest BCUT2D eigenvalue weighted by Gasteiger charge is 2.08. The van der Waals surface area contributed by atoms with Crippen LogP contribution >= 0.6 is 0 Å². The van der Waals surface area contributed by atoms with E-state index in [1.165, 1.54) is 12.0 Å². The molecule has 1 amide bonds. The zero-order chi connectivity index (χ0) is 16.7. The first-order chi connectivity index (χ1) is 11.1. The minimum absolute atomic E-state index is 0.0166. The molecule has 0 atom stereocenters. The first-order valence-corrected chi connectivity index (χ1v) is 7.28. The number of hydrogen-bond acceptors (Lipinski definition) is 3. The van der Waals surface area contributed by atoms with Crippen LogP contribution in [-0.4, -0.2) is 23.8 Å². The minimum atomic E-state index is 0.0166. The fourth-order valence-corrected chi connectivity index (χ4v) is 2.07. The van der Waals surface area contributed by atoms with Crippen molar-refractivity contribution in [3.63, 3.8) is 0 Å². The van der Waals surface area contributed by atoms with Gasteiger partial charge in [0.05, 0.1) is 6.54 Å². The molecule has 0 saturated carbocycles. The van der Waals surface area contributed by atoms with Crippen LogP contribution in [0.2, 0.25) is 0 Å². The molecule has 0 aliphatic carbocycles. The number of rotatable bonds is 8. The van der Waals surface area contributed by atoms with Gasteiger partial charge in [0.25, 0.3) is 0 Å². The molecule has 4 nitrogen and oxygen atoms in total. The second-order valence-electron chi connectivity index (χ2n) is 5.18. The zero-order valence-corrected chi connectivity index (χ0v) is 13.1. The van der Waals surface area contributed by atoms with Gasteiger partial charge in [-0.15, -0.1) is 0 Å². The Kier molecular flexibility index (Phi) is 5.83. The van der Waals surface area contributed by atoms with Gasteiger partial charge in [-0.25, -0.2) is 5.06 Å². The van der Waals surface area contributed by atoms with Gasteiger partial charge in [0, 0.05) is 5.56 Å². The van der Waals surface area contributed by atoms with Crippen molar-refractivity contribution < 1.29 is 14.4 Å². The molecule has 0 aliphatic heterocycles. The molecule has 0 N–H and O–H groups in total. The summed E-state index contributed by atoms with van der Waals surface area (Å²) in [6.45, 7) is 6.08. The highest BCUT2D eigenvalue weighted by Crippen LogP contribution is 2.15. The van der Waals surface area contributed by atoms with Gasteiger partial charge in [-0.05, 0) is 23.6 Å². The van der Waals surface area contributed by atoms with Crippen molar-refractivity contribution in [2.24, 2.45) is 0 Å². The molecule has 0 heterocycles. The fraction of sp³-hybridized carbons (Fsp3) is 0.158. The van der Waals surface area contributed by atoms with Gasteiger partial charge in [-0.1, -0.05) is 61.2 Å². The average molecular weight is 309 g/mol. The topological polar surface area (TPSA) is 46.6 Å². The van der Waals surface area contributed by atoms with E-state index in [4.69, 9.17) is 4.84 Å². The number of amides is 1. The highest BCUT2D eigenvalue weighted by atomic mass is 16.7. The van der Waals surface area contributed by atoms with Gasteiger partial charge in [0.1, 0.15) is 6.61 Å². The van der Waals surface area contributed by atoms with Crippen molar-refractivity contribution in [2.45, 2.75) is 13.5 Å². The molecule has 0 bridgehead atoms. The third-order valence-electron chi connectivity index (χ3n) is 3.40. The van der Waals surface area contributed by atoms with Crippen LogP contribution in [0.3, 0.4) is 0 Å². The maximum Gasteiger partial charge on any atom is 0.233 e. The van der Waals surface area contributed by atoms with Gasteiger partial charge in [0.2, 0.25) is 6.41 Å². The second kappa shape index (κ2) is 8.06. The quantitative estimate of drug-likeness (QED) is 0.426. The molecular weight excluding hydrogens is 290 g/mol. The predicted octanol–water partition coefficient (Wildman–Crippen LogP) is 3.49. The molecule has 0 unspecified atom stereocenters. The lowest BCUT2D eigenvalue weighted by Gasteiger charge is -2.18. The molecule has 0 radical (unpaired) electrons. The van der Waals surface area contributed by atoms with Gasteiger partial charge in [-0.3, -0.25) is 14.4 Å². The van der Waals surface area contributed by atoms with Crippen molar-refractivity contribution in [3.05, 3.63) is 77.9 Å². The van der Waals surface area contributed by atoms with Crippen LogP contribution < -0.4 is 0 Å². The standard InChI is InChI=1S/C19H19NO3/c1-15(18-8-10-19(11-9-18)16(2)22)12-20(14-21)23-13-17-6-4-3-5-7-17/h3-11,14H,1,12-13H2,2H3. The van der Waals surface area contributed by atoms with Crippen LogP contribution in [0, 0.1) is 0 Å². The number of ketones is 1. The summed E-state index contributed by atoms with van der Waals surface area (Å²) in [5, 5.41) is 1.22. The molecule has 23 heavy (non-hydrogen) atoms. The van der Waals surface area contributed by atoms with Crippen LogP contribution in [-0.2, 0) is 16.2 Å². The summed E-state index contributed by atoms with van der Waals surface area (Å²) < 4.78 is 0. The predicted molar refractivity (Wildman–Crippen MR) is 89.5 cm³/mol. The van der Waals surface area contributed by atoms with E-state index in [-0.39, 0.29) is 12.3 Å². The molecule has 4 heteroatoms. The van der Waals surface area contributed by atoms with E-state index in [0.29, 0.717) is 18.6 Å². The van der Waals surface area contributed by atoms with E-state index in [9.17, 15) is 9.59 Å². The number of hydrogen-bond donors (Lipinski definition) is 0. The lowest BCUT2D eigenvalue weighted by molar-refractivity contribution is -0.172. The fourth-order valence-electron chi connectivity index (χ4n) is 2.07. The molecule has 2 rings (SSSR count). The molecule has 0 spiro atoms. The molecule has 0 fully saturated rings. The Morgan fingerprint density at radius 1 is 1.09 bits per heavy atom. The first kappa shape index (κ1) is 16.6. The Bertz CT molecular complexity index is 678. The molecule has 0 aliphatic rings. The number of Topliss-reactive ketones (excluding diaryl/α,β-unsaturated/α-hetero) is 1. The largest absolute Gasteiger partial charge is 0.295 e. The Hall–Kier alpha value is -2.72. The van der Waals surface area contributed by atoms with Crippen LogP contribution in [0.5, 0.6) is 0 Å². The van der Waals surface area contributed by atoms with E-state index in [0.717, 1.165) is 16.7 Å². The van der Waals surface area contributed by atoms with E-state index in [1.54, 1.807) is 12.1 Å². The van der Waals surface area contributed by atoms with E-state index >= 15 is 0 Å². The summed E-state index contributed by atoms with van der Waals surface area (Å²) >= 11 is 0. The third-order valence-corrected chi connectivity index (χ3v) is 3.40. The van der Waals surface area contributed by atoms with Gasteiger partial charge < -0.3 is 0 Å². The van der Waals surface area contributed by atoms with Gasteiger partial charge in [-0.2, -0.15) is 0 Å². The summed E-state index contributed by atoms with van der Waals surface area (Å²) in [7, 11) is 0. The average Bonchev–Trinajstić information content (AvgIpc) is 2.59. The van der Waals surface area contributed by atoms with Gasteiger partial charge in [0.15, 0.2) is 5.78 Å². The van der Waals surface area contributed by atoms with Crippen LogP contribution in [0.25, 0.3) is 5.57 Å². The third kappa shape index (κ3) is 4.90. The molecule has 0 saturated heterocycles.